The Labute approximate surface area is 151 Å². The van der Waals surface area contributed by atoms with Gasteiger partial charge >= 0.3 is 0 Å². The first kappa shape index (κ1) is 15.6. The van der Waals surface area contributed by atoms with E-state index in [2.05, 4.69) is 33.4 Å². The van der Waals surface area contributed by atoms with Crippen molar-refractivity contribution < 1.29 is 4.21 Å². The Balaban J connectivity index is 1.77. The maximum Gasteiger partial charge on any atom is 0.0834 e. The van der Waals surface area contributed by atoms with Crippen LogP contribution in [0.3, 0.4) is 0 Å². The molecule has 1 aliphatic carbocycles. The zero-order valence-electron chi connectivity index (χ0n) is 12.4. The quantitative estimate of drug-likeness (QED) is 0.626. The second-order valence-corrected chi connectivity index (χ2v) is 8.82. The summed E-state index contributed by atoms with van der Waals surface area (Å²) in [4.78, 5) is 0.953. The average Bonchev–Trinajstić information content (AvgIpc) is 2.76. The summed E-state index contributed by atoms with van der Waals surface area (Å²) < 4.78 is 14.8. The Bertz CT molecular complexity index is 756. The third-order valence-electron chi connectivity index (χ3n) is 4.62. The third kappa shape index (κ3) is 2.83. The minimum Gasteiger partial charge on any atom is -0.253 e. The van der Waals surface area contributed by atoms with Gasteiger partial charge in [0.15, 0.2) is 0 Å². The molecule has 6 heteroatoms. The molecule has 0 radical (unpaired) electrons. The lowest BCUT2D eigenvalue weighted by Crippen LogP contribution is -2.27. The second-order valence-electron chi connectivity index (χ2n) is 6.03. The van der Waals surface area contributed by atoms with E-state index in [1.54, 1.807) is 0 Å². The number of halogens is 2. The van der Waals surface area contributed by atoms with Gasteiger partial charge < -0.3 is 0 Å². The van der Waals surface area contributed by atoms with Crippen molar-refractivity contribution >= 4 is 44.3 Å². The predicted molar refractivity (Wildman–Crippen MR) is 98.9 cm³/mol. The Hall–Kier alpha value is -0.910. The summed E-state index contributed by atoms with van der Waals surface area (Å²) in [7, 11) is -1.06. The number of hydrogen-bond donors (Lipinski definition) is 0. The van der Waals surface area contributed by atoms with Crippen LogP contribution < -0.4 is 0 Å². The first-order chi connectivity index (χ1) is 11.1. The van der Waals surface area contributed by atoms with Gasteiger partial charge in [0.05, 0.1) is 37.9 Å². The molecule has 0 N–H and O–H groups in total. The largest absolute Gasteiger partial charge is 0.253 e. The lowest BCUT2D eigenvalue weighted by atomic mass is 9.90. The van der Waals surface area contributed by atoms with E-state index in [0.717, 1.165) is 47.6 Å². The monoisotopic (exact) mass is 410 g/mol. The summed E-state index contributed by atoms with van der Waals surface area (Å²) >= 11 is 9.44. The minimum absolute atomic E-state index is 0.110. The minimum atomic E-state index is -1.06. The molecule has 2 heterocycles. The van der Waals surface area contributed by atoms with E-state index in [4.69, 9.17) is 11.6 Å². The maximum atomic E-state index is 13.0. The molecule has 3 unspecified atom stereocenters. The van der Waals surface area contributed by atoms with E-state index in [1.165, 1.54) is 0 Å². The van der Waals surface area contributed by atoms with Gasteiger partial charge in [-0.1, -0.05) is 35.9 Å². The van der Waals surface area contributed by atoms with E-state index >= 15 is 0 Å². The maximum absolute atomic E-state index is 13.0. The fraction of sp³-hybridized carbons (Fsp3) is 0.353. The van der Waals surface area contributed by atoms with Crippen molar-refractivity contribution in [2.24, 2.45) is 11.0 Å². The zero-order chi connectivity index (χ0) is 16.0. The van der Waals surface area contributed by atoms with Crippen LogP contribution in [0.15, 0.2) is 52.0 Å². The smallest absolute Gasteiger partial charge is 0.0834 e. The normalized spacial score (nSPS) is 29.9. The Morgan fingerprint density at radius 1 is 1.26 bits per heavy atom. The molecule has 1 aromatic rings. The highest BCUT2D eigenvalue weighted by molar-refractivity contribution is 9.07. The number of fused-ring (bicyclic) bond motifs is 3. The molecule has 0 spiro atoms. The van der Waals surface area contributed by atoms with Crippen LogP contribution in [0.5, 0.6) is 0 Å². The molecule has 0 amide bonds. The molecule has 3 aliphatic rings. The standard InChI is InChI=1S/C17H16BrClN2OS/c18-21-9-8-12-2-1-3-15-14(17(12)20-21)10-16(23(15)22)11-4-6-13(19)7-5-11/h3-7,10,12,16H,1-2,8-9H2. The number of hydrogen-bond acceptors (Lipinski definition) is 3. The van der Waals surface area contributed by atoms with Crippen LogP contribution in [0, 0.1) is 5.92 Å². The first-order valence-corrected chi connectivity index (χ1v) is 10.0. The highest BCUT2D eigenvalue weighted by Gasteiger charge is 2.37. The van der Waals surface area contributed by atoms with Gasteiger partial charge in [0.25, 0.3) is 0 Å². The van der Waals surface area contributed by atoms with Crippen LogP contribution in [0.2, 0.25) is 5.02 Å². The molecular formula is C17H16BrClN2OS. The fourth-order valence-corrected chi connectivity index (χ4v) is 5.55. The summed E-state index contributed by atoms with van der Waals surface area (Å²) in [6.07, 6.45) is 7.42. The van der Waals surface area contributed by atoms with Gasteiger partial charge in [0, 0.05) is 28.0 Å². The lowest BCUT2D eigenvalue weighted by Gasteiger charge is -2.26. The van der Waals surface area contributed by atoms with Crippen molar-refractivity contribution in [2.45, 2.75) is 24.5 Å². The van der Waals surface area contributed by atoms with Gasteiger partial charge in [-0.25, -0.2) is 4.03 Å². The lowest BCUT2D eigenvalue weighted by molar-refractivity contribution is 0.418. The van der Waals surface area contributed by atoms with Crippen molar-refractivity contribution in [1.29, 1.82) is 0 Å². The summed E-state index contributed by atoms with van der Waals surface area (Å²) in [6.45, 7) is 0.917. The molecule has 0 saturated heterocycles. The van der Waals surface area contributed by atoms with Crippen LogP contribution in [-0.4, -0.2) is 20.5 Å². The number of allylic oxidation sites excluding steroid dienone is 2. The predicted octanol–water partition coefficient (Wildman–Crippen LogP) is 4.74. The molecule has 120 valence electrons. The van der Waals surface area contributed by atoms with Crippen LogP contribution in [-0.2, 0) is 10.8 Å². The van der Waals surface area contributed by atoms with Crippen LogP contribution in [0.4, 0.5) is 0 Å². The fourth-order valence-electron chi connectivity index (χ4n) is 3.43. The van der Waals surface area contributed by atoms with Gasteiger partial charge in [0.1, 0.15) is 0 Å². The molecule has 23 heavy (non-hydrogen) atoms. The van der Waals surface area contributed by atoms with Gasteiger partial charge in [-0.2, -0.15) is 5.10 Å². The van der Waals surface area contributed by atoms with Gasteiger partial charge in [0.2, 0.25) is 0 Å². The van der Waals surface area contributed by atoms with Crippen LogP contribution in [0.1, 0.15) is 30.1 Å². The number of nitrogens with zero attached hydrogens (tertiary/aromatic N) is 2. The summed E-state index contributed by atoms with van der Waals surface area (Å²) in [6, 6.07) is 7.64. The topological polar surface area (TPSA) is 32.7 Å². The van der Waals surface area contributed by atoms with Crippen molar-refractivity contribution in [2.75, 3.05) is 6.54 Å². The van der Waals surface area contributed by atoms with E-state index in [0.29, 0.717) is 10.9 Å². The van der Waals surface area contributed by atoms with E-state index in [9.17, 15) is 4.21 Å². The van der Waals surface area contributed by atoms with E-state index in [1.807, 2.05) is 28.3 Å². The van der Waals surface area contributed by atoms with Crippen LogP contribution in [0.25, 0.3) is 0 Å². The highest BCUT2D eigenvalue weighted by atomic mass is 79.9. The van der Waals surface area contributed by atoms with E-state index in [-0.39, 0.29) is 5.25 Å². The number of hydrazone groups is 1. The molecule has 0 fully saturated rings. The average molecular weight is 412 g/mol. The molecule has 2 aliphatic heterocycles. The van der Waals surface area contributed by atoms with Gasteiger partial charge in [-0.05, 0) is 37.0 Å². The van der Waals surface area contributed by atoms with Crippen molar-refractivity contribution in [3.8, 4) is 0 Å². The summed E-state index contributed by atoms with van der Waals surface area (Å²) in [5, 5.41) is 5.27. The molecule has 1 aromatic carbocycles. The Morgan fingerprint density at radius 2 is 2.04 bits per heavy atom. The third-order valence-corrected chi connectivity index (χ3v) is 7.07. The van der Waals surface area contributed by atoms with E-state index < -0.39 is 10.8 Å². The van der Waals surface area contributed by atoms with Gasteiger partial charge in [-0.15, -0.1) is 0 Å². The van der Waals surface area contributed by atoms with Crippen molar-refractivity contribution in [3.05, 3.63) is 57.5 Å². The first-order valence-electron chi connectivity index (χ1n) is 7.74. The number of rotatable bonds is 1. The molecular weight excluding hydrogens is 396 g/mol. The molecule has 3 atom stereocenters. The zero-order valence-corrected chi connectivity index (χ0v) is 15.6. The van der Waals surface area contributed by atoms with Crippen molar-refractivity contribution in [1.82, 2.24) is 4.03 Å². The molecule has 3 nitrogen and oxygen atoms in total. The summed E-state index contributed by atoms with van der Waals surface area (Å²) in [5.74, 6) is 0.463. The number of benzene rings is 1. The van der Waals surface area contributed by atoms with Crippen molar-refractivity contribution in [3.63, 3.8) is 0 Å². The Morgan fingerprint density at radius 3 is 2.83 bits per heavy atom. The molecule has 4 rings (SSSR count). The SMILES string of the molecule is O=S1C2=CCCC3CCN(Br)N=C3C2=CC1c1ccc(Cl)cc1. The van der Waals surface area contributed by atoms with Crippen LogP contribution >= 0.6 is 27.7 Å². The molecule has 0 aromatic heterocycles. The van der Waals surface area contributed by atoms with Gasteiger partial charge in [-0.3, -0.25) is 4.21 Å². The summed E-state index contributed by atoms with van der Waals surface area (Å²) in [5.41, 5.74) is 3.20. The second kappa shape index (κ2) is 6.19. The molecule has 0 bridgehead atoms. The highest BCUT2D eigenvalue weighted by Crippen LogP contribution is 2.43. The Kier molecular flexibility index (Phi) is 4.20. The molecule has 0 saturated carbocycles.